The number of halogens is 2. The van der Waals surface area contributed by atoms with Crippen LogP contribution in [0, 0.1) is 18.6 Å². The highest BCUT2D eigenvalue weighted by Crippen LogP contribution is 2.26. The number of ether oxygens (including phenoxy) is 1. The summed E-state index contributed by atoms with van der Waals surface area (Å²) in [6.07, 6.45) is 4.57. The number of hydrogen-bond acceptors (Lipinski definition) is 6. The van der Waals surface area contributed by atoms with Crippen molar-refractivity contribution < 1.29 is 28.5 Å². The van der Waals surface area contributed by atoms with Crippen molar-refractivity contribution in [1.82, 2.24) is 19.7 Å². The Balaban J connectivity index is 1.66. The molecule has 0 spiro atoms. The number of rotatable bonds is 8. The van der Waals surface area contributed by atoms with E-state index in [-0.39, 0.29) is 29.3 Å². The second-order valence-electron chi connectivity index (χ2n) is 7.69. The van der Waals surface area contributed by atoms with Crippen LogP contribution < -0.4 is 10.1 Å². The number of pyridine rings is 2. The van der Waals surface area contributed by atoms with Crippen LogP contribution in [0.2, 0.25) is 0 Å². The average molecular weight is 468 g/mol. The van der Waals surface area contributed by atoms with E-state index in [1.807, 2.05) is 0 Å². The molecule has 0 unspecified atom stereocenters. The second-order valence-corrected chi connectivity index (χ2v) is 7.69. The van der Waals surface area contributed by atoms with Gasteiger partial charge < -0.3 is 20.3 Å². The summed E-state index contributed by atoms with van der Waals surface area (Å²) < 4.78 is 35.1. The highest BCUT2D eigenvalue weighted by molar-refractivity contribution is 5.95. The fourth-order valence-corrected chi connectivity index (χ4v) is 3.67. The molecule has 0 saturated carbocycles. The molecule has 4 rings (SSSR count). The lowest BCUT2D eigenvalue weighted by atomic mass is 9.92. The number of nitrogens with zero attached hydrogens (tertiary/aromatic N) is 3. The molecule has 8 nitrogen and oxygen atoms in total. The van der Waals surface area contributed by atoms with E-state index < -0.39 is 36.3 Å². The molecule has 1 amide bonds. The number of carbonyl (C=O) groups excluding carboxylic acids is 1. The van der Waals surface area contributed by atoms with Crippen LogP contribution in [-0.2, 0) is 12.1 Å². The van der Waals surface area contributed by atoms with Crippen molar-refractivity contribution in [3.05, 3.63) is 95.2 Å². The third-order valence-electron chi connectivity index (χ3n) is 5.54. The van der Waals surface area contributed by atoms with Gasteiger partial charge >= 0.3 is 0 Å². The minimum Gasteiger partial charge on any atom is -0.485 e. The van der Waals surface area contributed by atoms with Crippen molar-refractivity contribution in [2.24, 2.45) is 0 Å². The van der Waals surface area contributed by atoms with Crippen LogP contribution in [0.1, 0.15) is 27.3 Å². The minimum absolute atomic E-state index is 0.146. The monoisotopic (exact) mass is 468 g/mol. The third-order valence-corrected chi connectivity index (χ3v) is 5.54. The third kappa shape index (κ3) is 4.20. The number of aromatic nitrogens is 3. The first kappa shape index (κ1) is 23.3. The van der Waals surface area contributed by atoms with Crippen LogP contribution in [0.4, 0.5) is 8.78 Å². The maximum atomic E-state index is 14.0. The molecule has 0 aliphatic carbocycles. The van der Waals surface area contributed by atoms with Crippen molar-refractivity contribution in [3.63, 3.8) is 0 Å². The average Bonchev–Trinajstić information content (AvgIpc) is 3.19. The van der Waals surface area contributed by atoms with Gasteiger partial charge in [-0.15, -0.1) is 0 Å². The van der Waals surface area contributed by atoms with E-state index in [0.29, 0.717) is 11.3 Å². The zero-order valence-corrected chi connectivity index (χ0v) is 18.2. The molecule has 4 aromatic rings. The van der Waals surface area contributed by atoms with Gasteiger partial charge in [-0.05, 0) is 37.3 Å². The van der Waals surface area contributed by atoms with Gasteiger partial charge in [-0.3, -0.25) is 14.2 Å². The van der Waals surface area contributed by atoms with E-state index in [9.17, 15) is 23.8 Å². The van der Waals surface area contributed by atoms with E-state index in [1.54, 1.807) is 37.4 Å². The van der Waals surface area contributed by atoms with Gasteiger partial charge in [-0.2, -0.15) is 0 Å². The number of fused-ring (bicyclic) bond motifs is 1. The van der Waals surface area contributed by atoms with Crippen LogP contribution in [0.15, 0.2) is 61.1 Å². The normalized spacial score (nSPS) is 11.6. The molecule has 0 bridgehead atoms. The number of nitrogens with one attached hydrogen (secondary N) is 1. The number of amides is 1. The number of imidazole rings is 1. The van der Waals surface area contributed by atoms with Crippen LogP contribution in [0.5, 0.6) is 5.75 Å². The van der Waals surface area contributed by atoms with E-state index in [4.69, 9.17) is 4.74 Å². The molecular weight excluding hydrogens is 446 g/mol. The predicted octanol–water partition coefficient (Wildman–Crippen LogP) is 2.50. The number of hydrogen-bond donors (Lipinski definition) is 3. The molecule has 0 radical (unpaired) electrons. The van der Waals surface area contributed by atoms with Crippen molar-refractivity contribution in [1.29, 1.82) is 0 Å². The molecule has 176 valence electrons. The number of aliphatic hydroxyl groups is 2. The molecule has 0 aliphatic heterocycles. The first-order valence-electron chi connectivity index (χ1n) is 10.4. The zero-order valence-electron chi connectivity index (χ0n) is 18.2. The Hall–Kier alpha value is -3.89. The van der Waals surface area contributed by atoms with Crippen LogP contribution in [0.25, 0.3) is 5.65 Å². The molecule has 0 saturated heterocycles. The van der Waals surface area contributed by atoms with Gasteiger partial charge in [0.1, 0.15) is 29.5 Å². The van der Waals surface area contributed by atoms with Crippen LogP contribution >= 0.6 is 0 Å². The summed E-state index contributed by atoms with van der Waals surface area (Å²) in [5.74, 6) is -1.85. The second kappa shape index (κ2) is 9.54. The molecule has 0 aliphatic rings. The summed E-state index contributed by atoms with van der Waals surface area (Å²) in [5, 5.41) is 22.7. The Morgan fingerprint density at radius 1 is 1.12 bits per heavy atom. The molecule has 34 heavy (non-hydrogen) atoms. The van der Waals surface area contributed by atoms with Crippen molar-refractivity contribution >= 4 is 11.6 Å². The number of benzene rings is 1. The van der Waals surface area contributed by atoms with Crippen molar-refractivity contribution in [2.75, 3.05) is 13.2 Å². The number of carbonyl (C=O) groups is 1. The maximum absolute atomic E-state index is 14.0. The van der Waals surface area contributed by atoms with E-state index in [2.05, 4.69) is 15.3 Å². The van der Waals surface area contributed by atoms with Crippen molar-refractivity contribution in [2.45, 2.75) is 19.1 Å². The van der Waals surface area contributed by atoms with Crippen LogP contribution in [0.3, 0.4) is 0 Å². The molecule has 3 heterocycles. The molecule has 1 aromatic carbocycles. The zero-order chi connectivity index (χ0) is 24.3. The first-order valence-corrected chi connectivity index (χ1v) is 10.4. The fraction of sp³-hybridized carbons (Fsp3) is 0.208. The quantitative estimate of drug-likeness (QED) is 0.367. The van der Waals surface area contributed by atoms with Gasteiger partial charge in [0, 0.05) is 24.2 Å². The molecule has 10 heteroatoms. The summed E-state index contributed by atoms with van der Waals surface area (Å²) >= 11 is 0. The predicted molar refractivity (Wildman–Crippen MR) is 118 cm³/mol. The van der Waals surface area contributed by atoms with Gasteiger partial charge in [-0.25, -0.2) is 13.8 Å². The number of aliphatic hydroxyl groups excluding tert-OH is 2. The summed E-state index contributed by atoms with van der Waals surface area (Å²) in [5.41, 5.74) is -0.511. The Bertz CT molecular complexity index is 1300. The topological polar surface area (TPSA) is 109 Å². The van der Waals surface area contributed by atoms with Crippen molar-refractivity contribution in [3.8, 4) is 5.75 Å². The highest BCUT2D eigenvalue weighted by atomic mass is 19.1. The molecule has 3 aromatic heterocycles. The van der Waals surface area contributed by atoms with E-state index >= 15 is 0 Å². The SMILES string of the molecule is Cc1nc2c(OCc3c(F)cccc3F)cccn2c1C(=O)NC(CO)(CO)c1cccnc1. The largest absolute Gasteiger partial charge is 0.485 e. The minimum atomic E-state index is -1.47. The summed E-state index contributed by atoms with van der Waals surface area (Å²) in [6, 6.07) is 9.98. The van der Waals surface area contributed by atoms with E-state index in [0.717, 1.165) is 12.1 Å². The van der Waals surface area contributed by atoms with Crippen LogP contribution in [-0.4, -0.2) is 43.7 Å². The lowest BCUT2D eigenvalue weighted by Crippen LogP contribution is -2.52. The lowest BCUT2D eigenvalue weighted by molar-refractivity contribution is 0.0651. The Labute approximate surface area is 193 Å². The maximum Gasteiger partial charge on any atom is 0.271 e. The first-order chi connectivity index (χ1) is 16.4. The lowest BCUT2D eigenvalue weighted by Gasteiger charge is -2.31. The molecular formula is C24H22F2N4O4. The molecule has 3 N–H and O–H groups in total. The van der Waals surface area contributed by atoms with Gasteiger partial charge in [0.25, 0.3) is 5.91 Å². The highest BCUT2D eigenvalue weighted by Gasteiger charge is 2.35. The van der Waals surface area contributed by atoms with E-state index in [1.165, 1.54) is 22.9 Å². The fourth-order valence-electron chi connectivity index (χ4n) is 3.67. The molecule has 0 fully saturated rings. The Kier molecular flexibility index (Phi) is 6.53. The Morgan fingerprint density at radius 2 is 1.85 bits per heavy atom. The standard InChI is InChI=1S/C24H22F2N4O4/c1-15-21(23(33)29-24(13-31,14-32)16-5-3-9-27-11-16)30-10-4-8-20(22(30)28-15)34-12-17-18(25)6-2-7-19(17)26/h2-11,31-32H,12-14H2,1H3,(H,29,33). The smallest absolute Gasteiger partial charge is 0.271 e. The summed E-state index contributed by atoms with van der Waals surface area (Å²) in [6.45, 7) is 0.106. The number of aryl methyl sites for hydroxylation is 1. The Morgan fingerprint density at radius 3 is 2.50 bits per heavy atom. The van der Waals surface area contributed by atoms with Gasteiger partial charge in [-0.1, -0.05) is 12.1 Å². The summed E-state index contributed by atoms with van der Waals surface area (Å²) in [4.78, 5) is 21.7. The van der Waals surface area contributed by atoms with Gasteiger partial charge in [0.05, 0.1) is 24.5 Å². The summed E-state index contributed by atoms with van der Waals surface area (Å²) in [7, 11) is 0. The molecule has 0 atom stereocenters. The van der Waals surface area contributed by atoms with Gasteiger partial charge in [0.2, 0.25) is 0 Å². The van der Waals surface area contributed by atoms with Gasteiger partial charge in [0.15, 0.2) is 11.4 Å².